The normalized spacial score (nSPS) is 17.6. The number of halogens is 1. The van der Waals surface area contributed by atoms with Gasteiger partial charge in [0.1, 0.15) is 5.82 Å². The average molecular weight is 537 g/mol. The predicted octanol–water partition coefficient (Wildman–Crippen LogP) is 4.09. The zero-order valence-corrected chi connectivity index (χ0v) is 21.4. The van der Waals surface area contributed by atoms with Gasteiger partial charge in [-0.2, -0.15) is 0 Å². The van der Waals surface area contributed by atoms with Crippen LogP contribution in [-0.2, 0) is 11.3 Å². The molecular weight excluding hydrogens is 501 g/mol. The number of anilines is 1. The molecule has 1 fully saturated rings. The minimum Gasteiger partial charge on any atom is -0.375 e. The first-order chi connectivity index (χ1) is 14.5. The Morgan fingerprint density at radius 1 is 1.26 bits per heavy atom. The maximum Gasteiger partial charge on any atom is 0.191 e. The first kappa shape index (κ1) is 25.4. The number of ether oxygens (including phenoxy) is 1. The third kappa shape index (κ3) is 7.96. The second-order valence-corrected chi connectivity index (χ2v) is 8.04. The SMILES string of the molecule is CCNC(=NCc1ccnc(N2CCOC(C)C2)c1)NCC(C)c1ccc(C)cc1.I. The average Bonchev–Trinajstić information content (AvgIpc) is 2.76. The molecular formula is C24H36IN5O. The fourth-order valence-corrected chi connectivity index (χ4v) is 3.53. The van der Waals surface area contributed by atoms with Gasteiger partial charge in [-0.25, -0.2) is 9.98 Å². The van der Waals surface area contributed by atoms with E-state index in [2.05, 4.69) is 78.5 Å². The van der Waals surface area contributed by atoms with Crippen molar-refractivity contribution in [2.45, 2.75) is 46.3 Å². The number of morpholine rings is 1. The van der Waals surface area contributed by atoms with Crippen LogP contribution in [0.3, 0.4) is 0 Å². The largest absolute Gasteiger partial charge is 0.375 e. The molecule has 2 N–H and O–H groups in total. The number of benzene rings is 1. The predicted molar refractivity (Wildman–Crippen MR) is 140 cm³/mol. The molecule has 1 aliphatic heterocycles. The summed E-state index contributed by atoms with van der Waals surface area (Å²) in [6.45, 7) is 13.3. The first-order valence-electron chi connectivity index (χ1n) is 11.0. The van der Waals surface area contributed by atoms with Crippen molar-refractivity contribution in [1.29, 1.82) is 0 Å². The molecule has 3 rings (SSSR count). The van der Waals surface area contributed by atoms with E-state index in [9.17, 15) is 0 Å². The third-order valence-corrected chi connectivity index (χ3v) is 5.36. The van der Waals surface area contributed by atoms with Crippen LogP contribution in [0.5, 0.6) is 0 Å². The van der Waals surface area contributed by atoms with Crippen molar-refractivity contribution >= 4 is 35.8 Å². The van der Waals surface area contributed by atoms with Crippen LogP contribution >= 0.6 is 24.0 Å². The molecule has 1 aromatic heterocycles. The zero-order chi connectivity index (χ0) is 21.3. The molecule has 170 valence electrons. The van der Waals surface area contributed by atoms with E-state index in [1.807, 2.05) is 12.3 Å². The van der Waals surface area contributed by atoms with Gasteiger partial charge in [0, 0.05) is 32.4 Å². The number of aryl methyl sites for hydroxylation is 1. The Balaban J connectivity index is 0.00000341. The van der Waals surface area contributed by atoms with E-state index in [0.29, 0.717) is 12.5 Å². The highest BCUT2D eigenvalue weighted by Gasteiger charge is 2.18. The van der Waals surface area contributed by atoms with Crippen LogP contribution < -0.4 is 15.5 Å². The van der Waals surface area contributed by atoms with Crippen LogP contribution in [0.15, 0.2) is 47.6 Å². The van der Waals surface area contributed by atoms with Gasteiger partial charge < -0.3 is 20.3 Å². The van der Waals surface area contributed by atoms with Crippen molar-refractivity contribution < 1.29 is 4.74 Å². The summed E-state index contributed by atoms with van der Waals surface area (Å²) in [6.07, 6.45) is 2.11. The lowest BCUT2D eigenvalue weighted by Crippen LogP contribution is -2.41. The highest BCUT2D eigenvalue weighted by molar-refractivity contribution is 14.0. The molecule has 1 saturated heterocycles. The molecule has 0 aliphatic carbocycles. The van der Waals surface area contributed by atoms with Crippen LogP contribution in [0.4, 0.5) is 5.82 Å². The third-order valence-electron chi connectivity index (χ3n) is 5.36. The highest BCUT2D eigenvalue weighted by Crippen LogP contribution is 2.17. The lowest BCUT2D eigenvalue weighted by molar-refractivity contribution is 0.0529. The van der Waals surface area contributed by atoms with Crippen molar-refractivity contribution in [2.75, 3.05) is 37.7 Å². The van der Waals surface area contributed by atoms with E-state index in [1.165, 1.54) is 11.1 Å². The van der Waals surface area contributed by atoms with E-state index in [1.54, 1.807) is 0 Å². The van der Waals surface area contributed by atoms with Gasteiger partial charge in [0.05, 0.1) is 19.3 Å². The Morgan fingerprint density at radius 3 is 2.74 bits per heavy atom. The molecule has 0 saturated carbocycles. The second-order valence-electron chi connectivity index (χ2n) is 8.04. The van der Waals surface area contributed by atoms with E-state index in [-0.39, 0.29) is 30.1 Å². The van der Waals surface area contributed by atoms with Crippen molar-refractivity contribution in [3.63, 3.8) is 0 Å². The number of pyridine rings is 1. The van der Waals surface area contributed by atoms with Crippen LogP contribution in [-0.4, -0.2) is 49.8 Å². The summed E-state index contributed by atoms with van der Waals surface area (Å²) >= 11 is 0. The van der Waals surface area contributed by atoms with Crippen LogP contribution in [0.2, 0.25) is 0 Å². The maximum atomic E-state index is 5.64. The van der Waals surface area contributed by atoms with Crippen LogP contribution in [0.1, 0.15) is 43.4 Å². The highest BCUT2D eigenvalue weighted by atomic mass is 127. The molecule has 2 atom stereocenters. The molecule has 0 amide bonds. The quantitative estimate of drug-likeness (QED) is 0.317. The number of rotatable bonds is 7. The van der Waals surface area contributed by atoms with Crippen LogP contribution in [0.25, 0.3) is 0 Å². The minimum atomic E-state index is 0. The summed E-state index contributed by atoms with van der Waals surface area (Å²) in [7, 11) is 0. The van der Waals surface area contributed by atoms with E-state index in [0.717, 1.165) is 50.1 Å². The molecule has 1 aromatic carbocycles. The van der Waals surface area contributed by atoms with E-state index >= 15 is 0 Å². The molecule has 6 nitrogen and oxygen atoms in total. The molecule has 2 heterocycles. The number of aromatic nitrogens is 1. The zero-order valence-electron chi connectivity index (χ0n) is 19.1. The standard InChI is InChI=1S/C24H35N5O.HI/c1-5-25-24(27-15-19(3)22-8-6-18(2)7-9-22)28-16-21-10-11-26-23(14-21)29-12-13-30-20(4)17-29;/h6-11,14,19-20H,5,12-13,15-17H2,1-4H3,(H2,25,27,28);1H. The van der Waals surface area contributed by atoms with Gasteiger partial charge in [0.15, 0.2) is 5.96 Å². The fourth-order valence-electron chi connectivity index (χ4n) is 3.53. The molecule has 2 unspecified atom stereocenters. The van der Waals surface area contributed by atoms with Gasteiger partial charge in [-0.1, -0.05) is 36.8 Å². The molecule has 7 heteroatoms. The molecule has 1 aliphatic rings. The first-order valence-corrected chi connectivity index (χ1v) is 11.0. The van der Waals surface area contributed by atoms with E-state index < -0.39 is 0 Å². The Bertz CT molecular complexity index is 827. The van der Waals surface area contributed by atoms with Gasteiger partial charge in [-0.3, -0.25) is 0 Å². The minimum absolute atomic E-state index is 0. The monoisotopic (exact) mass is 537 g/mol. The molecule has 0 radical (unpaired) electrons. The number of nitrogens with one attached hydrogen (secondary N) is 2. The van der Waals surface area contributed by atoms with Crippen molar-refractivity contribution in [3.8, 4) is 0 Å². The topological polar surface area (TPSA) is 61.8 Å². The van der Waals surface area contributed by atoms with Gasteiger partial charge in [-0.05, 0) is 49.9 Å². The van der Waals surface area contributed by atoms with Crippen molar-refractivity contribution in [2.24, 2.45) is 4.99 Å². The Labute approximate surface area is 203 Å². The maximum absolute atomic E-state index is 5.64. The van der Waals surface area contributed by atoms with Crippen molar-refractivity contribution in [1.82, 2.24) is 15.6 Å². The summed E-state index contributed by atoms with van der Waals surface area (Å²) < 4.78 is 5.64. The van der Waals surface area contributed by atoms with Gasteiger partial charge >= 0.3 is 0 Å². The van der Waals surface area contributed by atoms with Crippen molar-refractivity contribution in [3.05, 3.63) is 59.3 Å². The lowest BCUT2D eigenvalue weighted by atomic mass is 10.0. The Morgan fingerprint density at radius 2 is 2.03 bits per heavy atom. The van der Waals surface area contributed by atoms with Gasteiger partial charge in [-0.15, -0.1) is 24.0 Å². The Kier molecular flexibility index (Phi) is 10.5. The van der Waals surface area contributed by atoms with Crippen LogP contribution in [0, 0.1) is 6.92 Å². The summed E-state index contributed by atoms with van der Waals surface area (Å²) in [6, 6.07) is 12.9. The molecule has 31 heavy (non-hydrogen) atoms. The number of nitrogens with zero attached hydrogens (tertiary/aromatic N) is 3. The number of guanidine groups is 1. The molecule has 0 spiro atoms. The number of aliphatic imine (C=N–C) groups is 1. The number of hydrogen-bond acceptors (Lipinski definition) is 4. The molecule has 2 aromatic rings. The fraction of sp³-hybridized carbons (Fsp3) is 0.500. The summed E-state index contributed by atoms with van der Waals surface area (Å²) in [5.41, 5.74) is 3.78. The summed E-state index contributed by atoms with van der Waals surface area (Å²) in [5, 5.41) is 6.83. The lowest BCUT2D eigenvalue weighted by Gasteiger charge is -2.32. The summed E-state index contributed by atoms with van der Waals surface area (Å²) in [5.74, 6) is 2.25. The van der Waals surface area contributed by atoms with Gasteiger partial charge in [0.25, 0.3) is 0 Å². The Hall–Kier alpha value is -1.87. The second kappa shape index (κ2) is 12.9. The smallest absolute Gasteiger partial charge is 0.191 e. The van der Waals surface area contributed by atoms with E-state index in [4.69, 9.17) is 9.73 Å². The molecule has 0 bridgehead atoms. The number of hydrogen-bond donors (Lipinski definition) is 2. The van der Waals surface area contributed by atoms with Gasteiger partial charge in [0.2, 0.25) is 0 Å². The summed E-state index contributed by atoms with van der Waals surface area (Å²) in [4.78, 5) is 11.6.